The summed E-state index contributed by atoms with van der Waals surface area (Å²) in [6.07, 6.45) is 0. The monoisotopic (exact) mass is 350 g/mol. The minimum absolute atomic E-state index is 0.693. The highest BCUT2D eigenvalue weighted by molar-refractivity contribution is 5.78. The zero-order chi connectivity index (χ0) is 18.7. The molecular weight excluding hydrogens is 324 g/mol. The van der Waals surface area contributed by atoms with Gasteiger partial charge in [-0.1, -0.05) is 0 Å². The van der Waals surface area contributed by atoms with Crippen LogP contribution in [0.1, 0.15) is 11.1 Å². The van der Waals surface area contributed by atoms with E-state index in [1.54, 1.807) is 7.11 Å². The third kappa shape index (κ3) is 3.47. The van der Waals surface area contributed by atoms with Crippen LogP contribution in [0.15, 0.2) is 36.4 Å². The van der Waals surface area contributed by atoms with E-state index in [1.165, 1.54) is 5.69 Å². The van der Waals surface area contributed by atoms with Crippen molar-refractivity contribution in [2.24, 2.45) is 0 Å². The second-order valence-corrected chi connectivity index (χ2v) is 6.77. The number of anilines is 3. The fourth-order valence-electron chi connectivity index (χ4n) is 3.54. The Hall–Kier alpha value is -2.71. The first-order chi connectivity index (χ1) is 12.5. The van der Waals surface area contributed by atoms with Gasteiger partial charge in [-0.25, -0.2) is 0 Å². The quantitative estimate of drug-likeness (QED) is 0.845. The average molecular weight is 350 g/mol. The van der Waals surface area contributed by atoms with Crippen LogP contribution in [0.4, 0.5) is 17.1 Å². The molecule has 0 amide bonds. The summed E-state index contributed by atoms with van der Waals surface area (Å²) < 4.78 is 5.25. The smallest absolute Gasteiger partial charge is 0.119 e. The number of hydrogen-bond donors (Lipinski definition) is 0. The number of likely N-dealkylation sites (N-methyl/N-ethyl adjacent to an activating group) is 1. The van der Waals surface area contributed by atoms with Gasteiger partial charge in [-0.3, -0.25) is 0 Å². The molecule has 1 heterocycles. The molecule has 26 heavy (non-hydrogen) atoms. The number of piperazine rings is 1. The molecule has 136 valence electrons. The molecule has 2 aromatic carbocycles. The van der Waals surface area contributed by atoms with E-state index in [1.807, 2.05) is 37.4 Å². The maximum absolute atomic E-state index is 9.64. The van der Waals surface area contributed by atoms with E-state index >= 15 is 0 Å². The molecule has 1 fully saturated rings. The first-order valence-electron chi connectivity index (χ1n) is 8.90. The van der Waals surface area contributed by atoms with E-state index in [-0.39, 0.29) is 0 Å². The zero-order valence-electron chi connectivity index (χ0n) is 16.0. The fraction of sp³-hybridized carbons (Fsp3) is 0.381. The van der Waals surface area contributed by atoms with Crippen LogP contribution in [-0.4, -0.2) is 52.3 Å². The van der Waals surface area contributed by atoms with Gasteiger partial charge >= 0.3 is 0 Å². The lowest BCUT2D eigenvalue weighted by atomic mass is 10.0. The summed E-state index contributed by atoms with van der Waals surface area (Å²) in [4.78, 5) is 6.86. The van der Waals surface area contributed by atoms with E-state index in [4.69, 9.17) is 4.74 Å². The van der Waals surface area contributed by atoms with Gasteiger partial charge in [0, 0.05) is 44.6 Å². The third-order valence-corrected chi connectivity index (χ3v) is 5.16. The summed E-state index contributed by atoms with van der Waals surface area (Å²) in [5.74, 6) is 0.825. The van der Waals surface area contributed by atoms with Crippen LogP contribution in [0.2, 0.25) is 0 Å². The number of methoxy groups -OCH3 is 1. The highest BCUT2D eigenvalue weighted by atomic mass is 16.5. The molecule has 1 aliphatic rings. The van der Waals surface area contributed by atoms with Crippen LogP contribution in [0.25, 0.3) is 0 Å². The van der Waals surface area contributed by atoms with Gasteiger partial charge in [0.2, 0.25) is 0 Å². The van der Waals surface area contributed by atoms with E-state index in [2.05, 4.69) is 40.8 Å². The van der Waals surface area contributed by atoms with Crippen LogP contribution in [0, 0.1) is 18.3 Å². The van der Waals surface area contributed by atoms with Crippen LogP contribution >= 0.6 is 0 Å². The summed E-state index contributed by atoms with van der Waals surface area (Å²) in [5, 5.41) is 9.64. The van der Waals surface area contributed by atoms with E-state index in [0.717, 1.165) is 48.9 Å². The van der Waals surface area contributed by atoms with Crippen molar-refractivity contribution in [1.82, 2.24) is 4.90 Å². The molecule has 5 heteroatoms. The molecular formula is C21H26N4O. The maximum atomic E-state index is 9.64. The van der Waals surface area contributed by atoms with Gasteiger partial charge in [0.25, 0.3) is 0 Å². The second-order valence-electron chi connectivity index (χ2n) is 6.77. The van der Waals surface area contributed by atoms with Crippen molar-refractivity contribution in [3.05, 3.63) is 47.5 Å². The first kappa shape index (κ1) is 18.1. The van der Waals surface area contributed by atoms with Gasteiger partial charge in [-0.15, -0.1) is 0 Å². The first-order valence-corrected chi connectivity index (χ1v) is 8.90. The van der Waals surface area contributed by atoms with Crippen molar-refractivity contribution in [1.29, 1.82) is 5.26 Å². The Balaban J connectivity index is 1.98. The highest BCUT2D eigenvalue weighted by Gasteiger charge is 2.21. The number of ether oxygens (including phenoxy) is 1. The molecule has 0 aliphatic carbocycles. The van der Waals surface area contributed by atoms with Gasteiger partial charge in [0.15, 0.2) is 0 Å². The lowest BCUT2D eigenvalue weighted by Crippen LogP contribution is -2.44. The number of nitriles is 1. The molecule has 1 saturated heterocycles. The van der Waals surface area contributed by atoms with Crippen molar-refractivity contribution in [3.63, 3.8) is 0 Å². The minimum atomic E-state index is 0.693. The van der Waals surface area contributed by atoms with Gasteiger partial charge < -0.3 is 19.4 Å². The normalized spacial score (nSPS) is 14.8. The van der Waals surface area contributed by atoms with Crippen molar-refractivity contribution in [2.75, 3.05) is 57.2 Å². The number of nitrogens with zero attached hydrogens (tertiary/aromatic N) is 4. The lowest BCUT2D eigenvalue weighted by Gasteiger charge is -2.36. The van der Waals surface area contributed by atoms with Crippen molar-refractivity contribution in [2.45, 2.75) is 6.92 Å². The van der Waals surface area contributed by atoms with E-state index in [0.29, 0.717) is 5.56 Å². The second kappa shape index (κ2) is 7.67. The summed E-state index contributed by atoms with van der Waals surface area (Å²) in [6.45, 7) is 6.25. The highest BCUT2D eigenvalue weighted by Crippen LogP contribution is 2.36. The minimum Gasteiger partial charge on any atom is -0.497 e. The average Bonchev–Trinajstić information content (AvgIpc) is 2.68. The van der Waals surface area contributed by atoms with Gasteiger partial charge in [-0.2, -0.15) is 5.26 Å². The Bertz CT molecular complexity index is 802. The summed E-state index contributed by atoms with van der Waals surface area (Å²) in [6, 6.07) is 14.3. The third-order valence-electron chi connectivity index (χ3n) is 5.16. The Kier molecular flexibility index (Phi) is 5.34. The molecule has 0 atom stereocenters. The summed E-state index contributed by atoms with van der Waals surface area (Å²) in [7, 11) is 5.83. The van der Waals surface area contributed by atoms with Crippen molar-refractivity contribution < 1.29 is 4.74 Å². The molecule has 0 radical (unpaired) electrons. The molecule has 2 aromatic rings. The Morgan fingerprint density at radius 1 is 1.04 bits per heavy atom. The van der Waals surface area contributed by atoms with Gasteiger partial charge in [-0.05, 0) is 55.9 Å². The number of hydrogen-bond acceptors (Lipinski definition) is 5. The van der Waals surface area contributed by atoms with Crippen molar-refractivity contribution >= 4 is 17.1 Å². The molecule has 1 aliphatic heterocycles. The SMILES string of the molecule is COc1ccc(N(C)c2c(C#N)ccc(N3CCN(C)CC3)c2C)cc1. The topological polar surface area (TPSA) is 42.7 Å². The Morgan fingerprint density at radius 3 is 2.27 bits per heavy atom. The molecule has 3 rings (SSSR count). The molecule has 0 spiro atoms. The predicted octanol–water partition coefficient (Wildman–Crippen LogP) is 3.40. The largest absolute Gasteiger partial charge is 0.497 e. The van der Waals surface area contributed by atoms with E-state index in [9.17, 15) is 5.26 Å². The molecule has 0 saturated carbocycles. The Morgan fingerprint density at radius 2 is 1.69 bits per heavy atom. The Labute approximate surface area is 156 Å². The lowest BCUT2D eigenvalue weighted by molar-refractivity contribution is 0.312. The fourth-order valence-corrected chi connectivity index (χ4v) is 3.54. The molecule has 0 N–H and O–H groups in total. The summed E-state index contributed by atoms with van der Waals surface area (Å²) in [5.41, 5.74) is 5.05. The van der Waals surface area contributed by atoms with Crippen LogP contribution in [0.3, 0.4) is 0 Å². The molecule has 0 aromatic heterocycles. The molecule has 5 nitrogen and oxygen atoms in total. The molecule has 0 bridgehead atoms. The van der Waals surface area contributed by atoms with Gasteiger partial charge in [0.1, 0.15) is 11.8 Å². The molecule has 0 unspecified atom stereocenters. The standard InChI is InChI=1S/C21H26N4O/c1-16-20(25-13-11-23(2)12-14-25)10-5-17(15-22)21(16)24(3)18-6-8-19(26-4)9-7-18/h5-10H,11-14H2,1-4H3. The van der Waals surface area contributed by atoms with E-state index < -0.39 is 0 Å². The van der Waals surface area contributed by atoms with Crippen LogP contribution < -0.4 is 14.5 Å². The summed E-state index contributed by atoms with van der Waals surface area (Å²) >= 11 is 0. The van der Waals surface area contributed by atoms with Gasteiger partial charge in [0.05, 0.1) is 18.4 Å². The maximum Gasteiger partial charge on any atom is 0.119 e. The van der Waals surface area contributed by atoms with Crippen LogP contribution in [-0.2, 0) is 0 Å². The van der Waals surface area contributed by atoms with Crippen molar-refractivity contribution in [3.8, 4) is 11.8 Å². The zero-order valence-corrected chi connectivity index (χ0v) is 16.0. The number of rotatable bonds is 4. The predicted molar refractivity (Wildman–Crippen MR) is 107 cm³/mol. The van der Waals surface area contributed by atoms with Crippen LogP contribution in [0.5, 0.6) is 5.75 Å². The number of benzene rings is 2.